The number of hydrogen-bond donors (Lipinski definition) is 5. The number of aromatic nitrogens is 2. The van der Waals surface area contributed by atoms with E-state index in [0.717, 1.165) is 16.3 Å². The molecular weight excluding hydrogens is 307 g/mol. The molecule has 0 aliphatic heterocycles. The van der Waals surface area contributed by atoms with Crippen molar-refractivity contribution in [2.45, 2.75) is 30.6 Å². The number of aromatic amines is 1. The number of H-pyrrole nitrogens is 1. The lowest BCUT2D eigenvalue weighted by atomic mass is 10.1. The highest BCUT2D eigenvalue weighted by Gasteiger charge is 2.33. The SMILES string of the molecule is CCSC(C(O)C(O)C(O)CO)n1cc(F)c(=O)[nH]c1=O. The molecule has 5 N–H and O–H groups in total. The largest absolute Gasteiger partial charge is 0.394 e. The highest BCUT2D eigenvalue weighted by atomic mass is 32.2. The molecule has 0 bridgehead atoms. The van der Waals surface area contributed by atoms with Crippen LogP contribution in [0.1, 0.15) is 12.3 Å². The number of thioether (sulfide) groups is 1. The molecule has 0 amide bonds. The first-order valence-corrected chi connectivity index (χ1v) is 7.16. The minimum Gasteiger partial charge on any atom is -0.394 e. The number of nitrogens with zero attached hydrogens (tertiary/aromatic N) is 1. The van der Waals surface area contributed by atoms with Gasteiger partial charge in [-0.05, 0) is 5.75 Å². The standard InChI is InChI=1S/C11H17FN2O6S/c1-2-21-10(8(18)7(17)6(16)4-15)14-3-5(12)9(19)13-11(14)20/h3,6-8,10,15-18H,2,4H2,1H3,(H,13,19,20). The molecule has 0 spiro atoms. The Labute approximate surface area is 122 Å². The zero-order valence-corrected chi connectivity index (χ0v) is 12.0. The molecule has 0 aromatic carbocycles. The number of hydrogen-bond acceptors (Lipinski definition) is 7. The van der Waals surface area contributed by atoms with Crippen LogP contribution in [0.15, 0.2) is 15.8 Å². The van der Waals surface area contributed by atoms with Crippen molar-refractivity contribution in [3.8, 4) is 0 Å². The summed E-state index contributed by atoms with van der Waals surface area (Å²) in [5.41, 5.74) is -2.15. The lowest BCUT2D eigenvalue weighted by molar-refractivity contribution is -0.0821. The molecule has 8 nitrogen and oxygen atoms in total. The first-order valence-electron chi connectivity index (χ1n) is 6.11. The van der Waals surface area contributed by atoms with Gasteiger partial charge < -0.3 is 20.4 Å². The average molecular weight is 324 g/mol. The molecule has 0 aliphatic rings. The highest BCUT2D eigenvalue weighted by Crippen LogP contribution is 2.27. The third kappa shape index (κ3) is 4.14. The predicted molar refractivity (Wildman–Crippen MR) is 73.6 cm³/mol. The molecule has 0 radical (unpaired) electrons. The molecule has 10 heteroatoms. The van der Waals surface area contributed by atoms with E-state index < -0.39 is 47.4 Å². The zero-order valence-electron chi connectivity index (χ0n) is 11.1. The molecule has 120 valence electrons. The van der Waals surface area contributed by atoms with E-state index in [0.29, 0.717) is 11.9 Å². The van der Waals surface area contributed by atoms with Crippen LogP contribution in [0.5, 0.6) is 0 Å². The molecule has 1 rings (SSSR count). The van der Waals surface area contributed by atoms with Gasteiger partial charge in [0.05, 0.1) is 12.8 Å². The van der Waals surface area contributed by atoms with Gasteiger partial charge >= 0.3 is 5.69 Å². The Morgan fingerprint density at radius 1 is 1.33 bits per heavy atom. The summed E-state index contributed by atoms with van der Waals surface area (Å²) >= 11 is 0.994. The fraction of sp³-hybridized carbons (Fsp3) is 0.636. The molecule has 4 unspecified atom stereocenters. The number of halogens is 1. The summed E-state index contributed by atoms with van der Waals surface area (Å²) in [6, 6.07) is 0. The number of nitrogens with one attached hydrogen (secondary N) is 1. The van der Waals surface area contributed by atoms with E-state index in [1.165, 1.54) is 0 Å². The quantitative estimate of drug-likeness (QED) is 0.391. The number of aliphatic hydroxyl groups is 4. The summed E-state index contributed by atoms with van der Waals surface area (Å²) in [5.74, 6) is -0.822. The van der Waals surface area contributed by atoms with Crippen LogP contribution in [-0.4, -0.2) is 60.6 Å². The van der Waals surface area contributed by atoms with Gasteiger partial charge in [0, 0.05) is 0 Å². The first-order chi connectivity index (χ1) is 9.83. The highest BCUT2D eigenvalue weighted by molar-refractivity contribution is 7.99. The third-order valence-corrected chi connectivity index (χ3v) is 3.94. The summed E-state index contributed by atoms with van der Waals surface area (Å²) in [6.45, 7) is 0.906. The van der Waals surface area contributed by atoms with Crippen LogP contribution in [0, 0.1) is 5.82 Å². The van der Waals surface area contributed by atoms with Crippen molar-refractivity contribution in [1.82, 2.24) is 9.55 Å². The van der Waals surface area contributed by atoms with Gasteiger partial charge in [0.1, 0.15) is 23.7 Å². The summed E-state index contributed by atoms with van der Waals surface area (Å²) in [7, 11) is 0. The van der Waals surface area contributed by atoms with Gasteiger partial charge in [0.2, 0.25) is 5.82 Å². The van der Waals surface area contributed by atoms with E-state index in [-0.39, 0.29) is 0 Å². The molecule has 0 saturated heterocycles. The molecular formula is C11H17FN2O6S. The second-order valence-corrected chi connectivity index (χ2v) is 5.61. The number of rotatable bonds is 7. The topological polar surface area (TPSA) is 136 Å². The van der Waals surface area contributed by atoms with Crippen LogP contribution in [0.3, 0.4) is 0 Å². The van der Waals surface area contributed by atoms with Gasteiger partial charge in [-0.2, -0.15) is 4.39 Å². The molecule has 21 heavy (non-hydrogen) atoms. The number of aliphatic hydroxyl groups excluding tert-OH is 4. The normalized spacial score (nSPS) is 17.2. The van der Waals surface area contributed by atoms with E-state index in [1.54, 1.807) is 11.9 Å². The molecule has 1 aromatic rings. The van der Waals surface area contributed by atoms with Crippen LogP contribution in [0.25, 0.3) is 0 Å². The van der Waals surface area contributed by atoms with Crippen molar-refractivity contribution in [2.24, 2.45) is 0 Å². The van der Waals surface area contributed by atoms with Crippen LogP contribution in [-0.2, 0) is 0 Å². The van der Waals surface area contributed by atoms with Crippen molar-refractivity contribution in [2.75, 3.05) is 12.4 Å². The maximum absolute atomic E-state index is 13.3. The molecule has 1 aromatic heterocycles. The van der Waals surface area contributed by atoms with Gasteiger partial charge in [0.25, 0.3) is 5.56 Å². The zero-order chi connectivity index (χ0) is 16.2. The van der Waals surface area contributed by atoms with Gasteiger partial charge in [0.15, 0.2) is 0 Å². The fourth-order valence-electron chi connectivity index (χ4n) is 1.67. The Balaban J connectivity index is 3.21. The monoisotopic (exact) mass is 324 g/mol. The van der Waals surface area contributed by atoms with Crippen LogP contribution in [0.4, 0.5) is 4.39 Å². The van der Waals surface area contributed by atoms with Crippen LogP contribution in [0.2, 0.25) is 0 Å². The molecule has 1 heterocycles. The fourth-order valence-corrected chi connectivity index (χ4v) is 2.69. The first kappa shape index (κ1) is 17.9. The van der Waals surface area contributed by atoms with E-state index in [2.05, 4.69) is 0 Å². The third-order valence-electron chi connectivity index (χ3n) is 2.76. The van der Waals surface area contributed by atoms with E-state index >= 15 is 0 Å². The summed E-state index contributed by atoms with van der Waals surface area (Å²) in [5, 5.41) is 36.7. The maximum atomic E-state index is 13.3. The van der Waals surface area contributed by atoms with Crippen LogP contribution < -0.4 is 11.2 Å². The molecule has 0 saturated carbocycles. The average Bonchev–Trinajstić information content (AvgIpc) is 2.46. The molecule has 4 atom stereocenters. The molecule has 0 fully saturated rings. The lowest BCUT2D eigenvalue weighted by Gasteiger charge is -2.29. The second kappa shape index (κ2) is 7.71. The van der Waals surface area contributed by atoms with E-state index in [4.69, 9.17) is 5.11 Å². The van der Waals surface area contributed by atoms with E-state index in [1.807, 2.05) is 0 Å². The summed E-state index contributed by atoms with van der Waals surface area (Å²) in [6.07, 6.45) is -4.42. The smallest absolute Gasteiger partial charge is 0.329 e. The minimum absolute atomic E-state index is 0.400. The van der Waals surface area contributed by atoms with Gasteiger partial charge in [-0.1, -0.05) is 6.92 Å². The minimum atomic E-state index is -1.75. The van der Waals surface area contributed by atoms with Crippen molar-refractivity contribution in [3.63, 3.8) is 0 Å². The maximum Gasteiger partial charge on any atom is 0.329 e. The molecule has 0 aliphatic carbocycles. The van der Waals surface area contributed by atoms with Crippen molar-refractivity contribution < 1.29 is 24.8 Å². The van der Waals surface area contributed by atoms with Crippen molar-refractivity contribution in [3.05, 3.63) is 32.9 Å². The second-order valence-electron chi connectivity index (χ2n) is 4.22. The Morgan fingerprint density at radius 3 is 2.48 bits per heavy atom. The Hall–Kier alpha value is -1.20. The van der Waals surface area contributed by atoms with Crippen LogP contribution >= 0.6 is 11.8 Å². The Morgan fingerprint density at radius 2 is 1.95 bits per heavy atom. The van der Waals surface area contributed by atoms with Gasteiger partial charge in [-0.25, -0.2) is 4.79 Å². The van der Waals surface area contributed by atoms with E-state index in [9.17, 15) is 29.3 Å². The van der Waals surface area contributed by atoms with Crippen molar-refractivity contribution >= 4 is 11.8 Å². The summed E-state index contributed by atoms with van der Waals surface area (Å²) in [4.78, 5) is 24.4. The summed E-state index contributed by atoms with van der Waals surface area (Å²) < 4.78 is 14.0. The lowest BCUT2D eigenvalue weighted by Crippen LogP contribution is -2.46. The Bertz CT molecular complexity index is 577. The van der Waals surface area contributed by atoms with Gasteiger partial charge in [-0.15, -0.1) is 11.8 Å². The Kier molecular flexibility index (Phi) is 6.55. The van der Waals surface area contributed by atoms with Gasteiger partial charge in [-0.3, -0.25) is 14.3 Å². The predicted octanol–water partition coefficient (Wildman–Crippen LogP) is -2.00. The van der Waals surface area contributed by atoms with Crippen molar-refractivity contribution in [1.29, 1.82) is 0 Å².